The minimum Gasteiger partial charge on any atom is -0.353 e. The summed E-state index contributed by atoms with van der Waals surface area (Å²) >= 11 is 0. The van der Waals surface area contributed by atoms with Gasteiger partial charge in [-0.2, -0.15) is 4.31 Å². The first kappa shape index (κ1) is 23.2. The van der Waals surface area contributed by atoms with Crippen molar-refractivity contribution in [3.8, 4) is 0 Å². The first-order valence-electron chi connectivity index (χ1n) is 11.2. The lowest BCUT2D eigenvalue weighted by Crippen LogP contribution is -2.51. The highest BCUT2D eigenvalue weighted by molar-refractivity contribution is 7.89. The van der Waals surface area contributed by atoms with Crippen LogP contribution >= 0.6 is 0 Å². The first-order chi connectivity index (χ1) is 15.9. The summed E-state index contributed by atoms with van der Waals surface area (Å²) in [6.45, 7) is 3.84. The van der Waals surface area contributed by atoms with E-state index in [1.54, 1.807) is 46.3 Å². The van der Waals surface area contributed by atoms with E-state index in [-0.39, 0.29) is 42.6 Å². The Hall–Kier alpha value is -2.98. The van der Waals surface area contributed by atoms with Crippen LogP contribution in [0.1, 0.15) is 12.8 Å². The van der Waals surface area contributed by atoms with Gasteiger partial charge >= 0.3 is 0 Å². The van der Waals surface area contributed by atoms with Crippen molar-refractivity contribution in [3.63, 3.8) is 0 Å². The van der Waals surface area contributed by atoms with E-state index in [9.17, 15) is 18.0 Å². The van der Waals surface area contributed by atoms with Crippen molar-refractivity contribution >= 4 is 27.7 Å². The Labute approximate surface area is 194 Å². The van der Waals surface area contributed by atoms with Crippen LogP contribution in [-0.2, 0) is 19.6 Å². The Morgan fingerprint density at radius 3 is 1.82 bits per heavy atom. The summed E-state index contributed by atoms with van der Waals surface area (Å²) in [5, 5.41) is 0. The topological polar surface area (TPSA) is 94.1 Å². The molecule has 33 heavy (non-hydrogen) atoms. The number of benzene rings is 1. The molecule has 3 heterocycles. The Bertz CT molecular complexity index is 1050. The summed E-state index contributed by atoms with van der Waals surface area (Å²) in [6, 6.07) is 14.1. The smallest absolute Gasteiger partial charge is 0.243 e. The molecular formula is C23H29N5O4S. The molecule has 2 fully saturated rings. The third-order valence-electron chi connectivity index (χ3n) is 6.13. The number of pyridine rings is 1. The quantitative estimate of drug-likeness (QED) is 0.625. The number of hydrogen-bond acceptors (Lipinski definition) is 6. The molecule has 10 heteroatoms. The molecule has 0 saturated carbocycles. The third kappa shape index (κ3) is 5.51. The maximum atomic E-state index is 12.7. The zero-order valence-corrected chi connectivity index (χ0v) is 19.4. The van der Waals surface area contributed by atoms with Crippen LogP contribution in [0.5, 0.6) is 0 Å². The van der Waals surface area contributed by atoms with Gasteiger partial charge < -0.3 is 14.7 Å². The summed E-state index contributed by atoms with van der Waals surface area (Å²) in [5.41, 5.74) is 0. The van der Waals surface area contributed by atoms with Gasteiger partial charge in [-0.05, 0) is 24.3 Å². The zero-order valence-electron chi connectivity index (χ0n) is 18.5. The van der Waals surface area contributed by atoms with Gasteiger partial charge in [0, 0.05) is 71.4 Å². The molecular weight excluding hydrogens is 442 g/mol. The average molecular weight is 472 g/mol. The van der Waals surface area contributed by atoms with Gasteiger partial charge in [0.1, 0.15) is 5.82 Å². The second-order valence-corrected chi connectivity index (χ2v) is 10.1. The maximum absolute atomic E-state index is 12.7. The molecule has 9 nitrogen and oxygen atoms in total. The van der Waals surface area contributed by atoms with Gasteiger partial charge in [-0.15, -0.1) is 0 Å². The molecule has 1 aromatic carbocycles. The van der Waals surface area contributed by atoms with Gasteiger partial charge in [0.15, 0.2) is 0 Å². The number of carbonyl (C=O) groups is 2. The predicted octanol–water partition coefficient (Wildman–Crippen LogP) is 1.04. The van der Waals surface area contributed by atoms with Crippen molar-refractivity contribution in [2.24, 2.45) is 0 Å². The minimum absolute atomic E-state index is 0.0192. The van der Waals surface area contributed by atoms with E-state index in [4.69, 9.17) is 0 Å². The number of rotatable bonds is 6. The number of sulfonamides is 1. The molecule has 2 aromatic rings. The van der Waals surface area contributed by atoms with Crippen molar-refractivity contribution in [1.82, 2.24) is 19.1 Å². The Balaban J connectivity index is 1.20. The fraction of sp³-hybridized carbons (Fsp3) is 0.435. The fourth-order valence-corrected chi connectivity index (χ4v) is 5.62. The van der Waals surface area contributed by atoms with Crippen LogP contribution in [0, 0.1) is 0 Å². The normalized spacial score (nSPS) is 17.8. The molecule has 0 unspecified atom stereocenters. The first-order valence-corrected chi connectivity index (χ1v) is 12.7. The van der Waals surface area contributed by atoms with Crippen LogP contribution in [0.2, 0.25) is 0 Å². The number of piperazine rings is 2. The number of amides is 2. The lowest BCUT2D eigenvalue weighted by molar-refractivity contribution is -0.137. The molecule has 2 saturated heterocycles. The van der Waals surface area contributed by atoms with E-state index in [1.807, 2.05) is 18.2 Å². The summed E-state index contributed by atoms with van der Waals surface area (Å²) < 4.78 is 26.9. The van der Waals surface area contributed by atoms with Crippen molar-refractivity contribution in [2.45, 2.75) is 17.7 Å². The van der Waals surface area contributed by atoms with Gasteiger partial charge in [-0.25, -0.2) is 13.4 Å². The Morgan fingerprint density at radius 1 is 0.727 bits per heavy atom. The molecule has 0 atom stereocenters. The number of hydrogen-bond donors (Lipinski definition) is 0. The van der Waals surface area contributed by atoms with Crippen LogP contribution in [0.3, 0.4) is 0 Å². The molecule has 0 N–H and O–H groups in total. The SMILES string of the molecule is O=C(CCC(=O)N1CCN(S(=O)(=O)c2ccccc2)CC1)N1CCN(c2ccccn2)CC1. The lowest BCUT2D eigenvalue weighted by atomic mass is 10.2. The second-order valence-electron chi connectivity index (χ2n) is 8.15. The van der Waals surface area contributed by atoms with E-state index in [2.05, 4.69) is 9.88 Å². The van der Waals surface area contributed by atoms with Crippen molar-refractivity contribution < 1.29 is 18.0 Å². The van der Waals surface area contributed by atoms with Crippen LogP contribution in [-0.4, -0.2) is 91.7 Å². The summed E-state index contributed by atoms with van der Waals surface area (Å²) in [6.07, 6.45) is 2.07. The van der Waals surface area contributed by atoms with Crippen LogP contribution in [0.4, 0.5) is 5.82 Å². The minimum atomic E-state index is -3.55. The van der Waals surface area contributed by atoms with Crippen molar-refractivity contribution in [2.75, 3.05) is 57.3 Å². The fourth-order valence-electron chi connectivity index (χ4n) is 4.18. The van der Waals surface area contributed by atoms with Crippen LogP contribution < -0.4 is 4.90 Å². The van der Waals surface area contributed by atoms with Crippen molar-refractivity contribution in [3.05, 3.63) is 54.7 Å². The van der Waals surface area contributed by atoms with E-state index in [1.165, 1.54) is 4.31 Å². The summed E-state index contributed by atoms with van der Waals surface area (Å²) in [4.78, 5) is 35.4. The highest BCUT2D eigenvalue weighted by atomic mass is 32.2. The molecule has 0 spiro atoms. The standard InChI is InChI=1S/C23H29N5O4S/c29-22(26-14-12-25(13-15-26)21-8-4-5-11-24-21)9-10-23(30)27-16-18-28(19-17-27)33(31,32)20-6-2-1-3-7-20/h1-8,11H,9-10,12-19H2. The van der Waals surface area contributed by atoms with E-state index in [0.29, 0.717) is 39.3 Å². The van der Waals surface area contributed by atoms with Gasteiger partial charge in [-0.1, -0.05) is 24.3 Å². The van der Waals surface area contributed by atoms with Gasteiger partial charge in [0.05, 0.1) is 4.90 Å². The van der Waals surface area contributed by atoms with Crippen molar-refractivity contribution in [1.29, 1.82) is 0 Å². The van der Waals surface area contributed by atoms with E-state index < -0.39 is 10.0 Å². The monoisotopic (exact) mass is 471 g/mol. The molecule has 2 aliphatic heterocycles. The molecule has 0 radical (unpaired) electrons. The lowest BCUT2D eigenvalue weighted by Gasteiger charge is -2.36. The Morgan fingerprint density at radius 2 is 1.27 bits per heavy atom. The van der Waals surface area contributed by atoms with Gasteiger partial charge in [0.25, 0.3) is 0 Å². The van der Waals surface area contributed by atoms with E-state index in [0.717, 1.165) is 5.82 Å². The highest BCUT2D eigenvalue weighted by Crippen LogP contribution is 2.18. The van der Waals surface area contributed by atoms with E-state index >= 15 is 0 Å². The summed E-state index contributed by atoms with van der Waals surface area (Å²) in [5.74, 6) is 0.787. The highest BCUT2D eigenvalue weighted by Gasteiger charge is 2.30. The zero-order chi connectivity index (χ0) is 23.3. The van der Waals surface area contributed by atoms with Gasteiger partial charge in [0.2, 0.25) is 21.8 Å². The predicted molar refractivity (Wildman–Crippen MR) is 124 cm³/mol. The molecule has 4 rings (SSSR count). The number of aromatic nitrogens is 1. The molecule has 176 valence electrons. The molecule has 1 aromatic heterocycles. The molecule has 0 aliphatic carbocycles. The number of nitrogens with zero attached hydrogens (tertiary/aromatic N) is 5. The average Bonchev–Trinajstić information content (AvgIpc) is 2.88. The maximum Gasteiger partial charge on any atom is 0.243 e. The molecule has 0 bridgehead atoms. The third-order valence-corrected chi connectivity index (χ3v) is 8.04. The largest absolute Gasteiger partial charge is 0.353 e. The number of anilines is 1. The molecule has 2 aliphatic rings. The van der Waals surface area contributed by atoms with Crippen LogP contribution in [0.25, 0.3) is 0 Å². The molecule has 2 amide bonds. The Kier molecular flexibility index (Phi) is 7.24. The number of carbonyl (C=O) groups excluding carboxylic acids is 2. The van der Waals surface area contributed by atoms with Gasteiger partial charge in [-0.3, -0.25) is 9.59 Å². The van der Waals surface area contributed by atoms with Crippen LogP contribution in [0.15, 0.2) is 59.6 Å². The second kappa shape index (κ2) is 10.3. The summed E-state index contributed by atoms with van der Waals surface area (Å²) in [7, 11) is -3.55.